The Morgan fingerprint density at radius 2 is 1.83 bits per heavy atom. The number of pyridine rings is 1. The molecule has 2 heterocycles. The minimum Gasteiger partial charge on any atom is -0.497 e. The number of benzene rings is 2. The van der Waals surface area contributed by atoms with Crippen LogP contribution in [0.3, 0.4) is 0 Å². The number of hydrogen-bond acceptors (Lipinski definition) is 5. The second kappa shape index (κ2) is 8.57. The van der Waals surface area contributed by atoms with Crippen molar-refractivity contribution in [1.29, 1.82) is 0 Å². The molecule has 7 nitrogen and oxygen atoms in total. The fourth-order valence-corrected chi connectivity index (χ4v) is 3.07. The van der Waals surface area contributed by atoms with Crippen LogP contribution in [-0.4, -0.2) is 33.0 Å². The first-order valence-corrected chi connectivity index (χ1v) is 9.50. The summed E-state index contributed by atoms with van der Waals surface area (Å²) in [4.78, 5) is 17.1. The number of nitrogens with one attached hydrogen (secondary N) is 1. The average molecular weight is 399 g/mol. The van der Waals surface area contributed by atoms with Crippen LogP contribution in [0.4, 0.5) is 0 Å². The van der Waals surface area contributed by atoms with Gasteiger partial charge >= 0.3 is 0 Å². The molecule has 4 rings (SSSR count). The van der Waals surface area contributed by atoms with Crippen LogP contribution < -0.4 is 10.1 Å². The zero-order chi connectivity index (χ0) is 20.9. The number of aryl methyl sites for hydroxylation is 1. The van der Waals surface area contributed by atoms with Crippen molar-refractivity contribution in [2.45, 2.75) is 13.5 Å². The second-order valence-electron chi connectivity index (χ2n) is 6.81. The molecular weight excluding hydrogens is 378 g/mol. The zero-order valence-corrected chi connectivity index (χ0v) is 16.7. The molecule has 150 valence electrons. The maximum atomic E-state index is 13.0. The predicted molar refractivity (Wildman–Crippen MR) is 113 cm³/mol. The highest BCUT2D eigenvalue weighted by atomic mass is 16.5. The summed E-state index contributed by atoms with van der Waals surface area (Å²) in [6.07, 6.45) is 3.39. The Morgan fingerprint density at radius 3 is 2.50 bits per heavy atom. The quantitative estimate of drug-likeness (QED) is 0.536. The van der Waals surface area contributed by atoms with Gasteiger partial charge in [-0.25, -0.2) is 4.68 Å². The third-order valence-corrected chi connectivity index (χ3v) is 4.71. The van der Waals surface area contributed by atoms with Gasteiger partial charge in [0.05, 0.1) is 12.8 Å². The first-order chi connectivity index (χ1) is 14.7. The van der Waals surface area contributed by atoms with Gasteiger partial charge in [-0.2, -0.15) is 0 Å². The van der Waals surface area contributed by atoms with Crippen LogP contribution in [0.5, 0.6) is 5.75 Å². The van der Waals surface area contributed by atoms with Crippen molar-refractivity contribution in [3.05, 3.63) is 89.9 Å². The van der Waals surface area contributed by atoms with Crippen molar-refractivity contribution in [2.75, 3.05) is 7.11 Å². The number of aromatic nitrogens is 4. The summed E-state index contributed by atoms with van der Waals surface area (Å²) in [5.74, 6) is 0.466. The number of carbonyl (C=O) groups excluding carboxylic acids is 1. The highest BCUT2D eigenvalue weighted by Gasteiger charge is 2.22. The number of carbonyl (C=O) groups is 1. The van der Waals surface area contributed by atoms with Crippen LogP contribution in [0.1, 0.15) is 21.6 Å². The maximum Gasteiger partial charge on any atom is 0.274 e. The Kier molecular flexibility index (Phi) is 5.52. The van der Waals surface area contributed by atoms with Crippen molar-refractivity contribution in [3.8, 4) is 22.7 Å². The lowest BCUT2D eigenvalue weighted by molar-refractivity contribution is 0.0946. The highest BCUT2D eigenvalue weighted by Crippen LogP contribution is 2.25. The van der Waals surface area contributed by atoms with Crippen molar-refractivity contribution in [3.63, 3.8) is 0 Å². The van der Waals surface area contributed by atoms with Crippen molar-refractivity contribution in [2.24, 2.45) is 0 Å². The van der Waals surface area contributed by atoms with E-state index in [2.05, 4.69) is 20.6 Å². The molecule has 0 aliphatic rings. The molecule has 30 heavy (non-hydrogen) atoms. The van der Waals surface area contributed by atoms with Crippen LogP contribution in [-0.2, 0) is 6.54 Å². The number of rotatable bonds is 6. The molecule has 0 radical (unpaired) electrons. The topological polar surface area (TPSA) is 81.9 Å². The smallest absolute Gasteiger partial charge is 0.274 e. The number of methoxy groups -OCH3 is 1. The van der Waals surface area contributed by atoms with Crippen molar-refractivity contribution in [1.82, 2.24) is 25.3 Å². The molecule has 0 aliphatic carbocycles. The van der Waals surface area contributed by atoms with Gasteiger partial charge in [0.1, 0.15) is 11.4 Å². The van der Waals surface area contributed by atoms with Gasteiger partial charge in [-0.3, -0.25) is 9.78 Å². The first-order valence-electron chi connectivity index (χ1n) is 9.50. The van der Waals surface area contributed by atoms with E-state index in [9.17, 15) is 4.79 Å². The minimum atomic E-state index is -0.303. The third kappa shape index (κ3) is 4.05. The van der Waals surface area contributed by atoms with Crippen LogP contribution >= 0.6 is 0 Å². The molecule has 0 unspecified atom stereocenters. The highest BCUT2D eigenvalue weighted by molar-refractivity contribution is 5.98. The van der Waals surface area contributed by atoms with Crippen molar-refractivity contribution < 1.29 is 9.53 Å². The summed E-state index contributed by atoms with van der Waals surface area (Å²) >= 11 is 0. The van der Waals surface area contributed by atoms with E-state index in [-0.39, 0.29) is 11.6 Å². The van der Waals surface area contributed by atoms with E-state index in [1.165, 1.54) is 0 Å². The molecule has 4 aromatic rings. The molecule has 0 spiro atoms. The molecule has 2 aromatic heterocycles. The normalized spacial score (nSPS) is 10.6. The van der Waals surface area contributed by atoms with Crippen LogP contribution in [0.2, 0.25) is 0 Å². The van der Waals surface area contributed by atoms with E-state index < -0.39 is 0 Å². The molecular formula is C23H21N5O2. The van der Waals surface area contributed by atoms with Crippen LogP contribution in [0.25, 0.3) is 16.9 Å². The monoisotopic (exact) mass is 399 g/mol. The molecule has 1 amide bonds. The van der Waals surface area contributed by atoms with Crippen molar-refractivity contribution >= 4 is 5.91 Å². The van der Waals surface area contributed by atoms with Gasteiger partial charge in [-0.05, 0) is 48.9 Å². The van der Waals surface area contributed by atoms with Gasteiger partial charge in [-0.1, -0.05) is 35.0 Å². The Morgan fingerprint density at radius 1 is 1.07 bits per heavy atom. The Labute approximate surface area is 174 Å². The molecule has 0 fully saturated rings. The molecule has 7 heteroatoms. The van der Waals surface area contributed by atoms with Gasteiger partial charge in [0.15, 0.2) is 5.69 Å². The van der Waals surface area contributed by atoms with E-state index in [0.29, 0.717) is 12.2 Å². The number of ether oxygens (including phenoxy) is 1. The molecule has 0 saturated heterocycles. The number of hydrogen-bond donors (Lipinski definition) is 1. The molecule has 0 aliphatic heterocycles. The summed E-state index contributed by atoms with van der Waals surface area (Å²) < 4.78 is 6.83. The fourth-order valence-electron chi connectivity index (χ4n) is 3.07. The summed E-state index contributed by atoms with van der Waals surface area (Å²) in [6.45, 7) is 2.39. The Hall–Kier alpha value is -4.00. The van der Waals surface area contributed by atoms with Gasteiger partial charge in [0.25, 0.3) is 5.91 Å². The largest absolute Gasteiger partial charge is 0.497 e. The minimum absolute atomic E-state index is 0.247. The van der Waals surface area contributed by atoms with E-state index in [1.807, 2.05) is 67.6 Å². The summed E-state index contributed by atoms with van der Waals surface area (Å²) in [5.41, 5.74) is 4.52. The Balaban J connectivity index is 1.65. The SMILES string of the molecule is COc1ccc(CNC(=O)c2nnn(-c3ccc(C)cc3)c2-c2cccnc2)cc1. The van der Waals surface area contributed by atoms with Gasteiger partial charge < -0.3 is 10.1 Å². The summed E-state index contributed by atoms with van der Waals surface area (Å²) in [5, 5.41) is 11.4. The van der Waals surface area contributed by atoms with Gasteiger partial charge in [0.2, 0.25) is 0 Å². The summed E-state index contributed by atoms with van der Waals surface area (Å²) in [6, 6.07) is 19.1. The first kappa shape index (κ1) is 19.3. The lowest BCUT2D eigenvalue weighted by Gasteiger charge is -2.09. The van der Waals surface area contributed by atoms with E-state index in [4.69, 9.17) is 4.74 Å². The van der Waals surface area contributed by atoms with Crippen LogP contribution in [0, 0.1) is 6.92 Å². The standard InChI is InChI=1S/C23H21N5O2/c1-16-5-9-19(10-6-16)28-22(18-4-3-13-24-15-18)21(26-27-28)23(29)25-14-17-7-11-20(30-2)12-8-17/h3-13,15H,14H2,1-2H3,(H,25,29). The lowest BCUT2D eigenvalue weighted by Crippen LogP contribution is -2.24. The maximum absolute atomic E-state index is 13.0. The molecule has 1 N–H and O–H groups in total. The molecule has 0 atom stereocenters. The molecule has 2 aromatic carbocycles. The summed E-state index contributed by atoms with van der Waals surface area (Å²) in [7, 11) is 1.62. The lowest BCUT2D eigenvalue weighted by atomic mass is 10.1. The van der Waals surface area contributed by atoms with Gasteiger partial charge in [-0.15, -0.1) is 5.10 Å². The third-order valence-electron chi connectivity index (χ3n) is 4.71. The fraction of sp³-hybridized carbons (Fsp3) is 0.130. The molecule has 0 bridgehead atoms. The second-order valence-corrected chi connectivity index (χ2v) is 6.81. The molecule has 0 saturated carbocycles. The van der Waals surface area contributed by atoms with E-state index in [1.54, 1.807) is 24.2 Å². The van der Waals surface area contributed by atoms with E-state index >= 15 is 0 Å². The number of nitrogens with zero attached hydrogens (tertiary/aromatic N) is 4. The van der Waals surface area contributed by atoms with E-state index in [0.717, 1.165) is 28.1 Å². The van der Waals surface area contributed by atoms with Gasteiger partial charge in [0, 0.05) is 24.5 Å². The predicted octanol–water partition coefficient (Wildman–Crippen LogP) is 3.58. The Bertz CT molecular complexity index is 1140. The zero-order valence-electron chi connectivity index (χ0n) is 16.7. The average Bonchev–Trinajstić information content (AvgIpc) is 3.24. The van der Waals surface area contributed by atoms with Crippen LogP contribution in [0.15, 0.2) is 73.1 Å². The number of amides is 1.